The molecule has 0 aliphatic carbocycles. The number of nitrogens with one attached hydrogen (secondary N) is 1. The van der Waals surface area contributed by atoms with Gasteiger partial charge in [-0.25, -0.2) is 4.98 Å². The summed E-state index contributed by atoms with van der Waals surface area (Å²) in [6.07, 6.45) is 1.40. The molecule has 0 spiro atoms. The van der Waals surface area contributed by atoms with Crippen molar-refractivity contribution in [2.45, 2.75) is 18.2 Å². The Morgan fingerprint density at radius 2 is 2.16 bits per heavy atom. The smallest absolute Gasteiger partial charge is 0.236 e. The van der Waals surface area contributed by atoms with Gasteiger partial charge in [0.2, 0.25) is 5.91 Å². The summed E-state index contributed by atoms with van der Waals surface area (Å²) in [6.45, 7) is 1.92. The number of anilines is 1. The molecular formula is C16H17N5O2S2. The summed E-state index contributed by atoms with van der Waals surface area (Å²) in [5, 5.41) is 14.1. The van der Waals surface area contributed by atoms with E-state index < -0.39 is 0 Å². The average Bonchev–Trinajstić information content (AvgIpc) is 3.23. The number of amides is 1. The molecule has 2 heterocycles. The molecule has 1 unspecified atom stereocenters. The van der Waals surface area contributed by atoms with Crippen LogP contribution in [0.5, 0.6) is 5.75 Å². The number of hydrogen-bond donors (Lipinski definition) is 1. The number of para-hydroxylation sites is 1. The number of ether oxygens (including phenoxy) is 1. The Hall–Kier alpha value is -2.39. The number of hydrogen-bond acceptors (Lipinski definition) is 7. The summed E-state index contributed by atoms with van der Waals surface area (Å²) in [5.74, 6) is 1.58. The van der Waals surface area contributed by atoms with E-state index in [4.69, 9.17) is 4.74 Å². The number of thiazole rings is 1. The van der Waals surface area contributed by atoms with E-state index >= 15 is 0 Å². The number of rotatable bonds is 7. The Morgan fingerprint density at radius 1 is 1.36 bits per heavy atom. The number of benzene rings is 1. The third-order valence-corrected chi connectivity index (χ3v) is 5.01. The standard InChI is InChI=1S/C16H17N5O2S2/c1-11(23-12-6-4-3-5-7-12)14-19-20-16(21(14)2)25-10-13(22)18-15-17-8-9-24-15/h3-9,11H,10H2,1-2H3,(H,17,18,22). The van der Waals surface area contributed by atoms with Gasteiger partial charge >= 0.3 is 0 Å². The summed E-state index contributed by atoms with van der Waals surface area (Å²) in [4.78, 5) is 16.0. The lowest BCUT2D eigenvalue weighted by Gasteiger charge is -2.14. The molecule has 1 aromatic carbocycles. The quantitative estimate of drug-likeness (QED) is 0.639. The van der Waals surface area contributed by atoms with Crippen molar-refractivity contribution in [2.24, 2.45) is 7.05 Å². The molecule has 0 aliphatic rings. The topological polar surface area (TPSA) is 81.9 Å². The van der Waals surface area contributed by atoms with Crippen LogP contribution in [0, 0.1) is 0 Å². The van der Waals surface area contributed by atoms with Crippen LogP contribution in [-0.4, -0.2) is 31.4 Å². The van der Waals surface area contributed by atoms with Gasteiger partial charge in [0, 0.05) is 18.6 Å². The van der Waals surface area contributed by atoms with Gasteiger partial charge in [-0.05, 0) is 19.1 Å². The number of nitrogens with zero attached hydrogens (tertiary/aromatic N) is 4. The normalized spacial score (nSPS) is 11.9. The van der Waals surface area contributed by atoms with Crippen LogP contribution < -0.4 is 10.1 Å². The van der Waals surface area contributed by atoms with Gasteiger partial charge in [0.05, 0.1) is 5.75 Å². The van der Waals surface area contributed by atoms with Crippen LogP contribution in [0.3, 0.4) is 0 Å². The number of aromatic nitrogens is 4. The monoisotopic (exact) mass is 375 g/mol. The van der Waals surface area contributed by atoms with E-state index in [1.807, 2.05) is 54.3 Å². The zero-order chi connectivity index (χ0) is 17.6. The first-order valence-electron chi connectivity index (χ1n) is 7.56. The molecule has 9 heteroatoms. The molecule has 0 radical (unpaired) electrons. The fourth-order valence-electron chi connectivity index (χ4n) is 2.13. The zero-order valence-electron chi connectivity index (χ0n) is 13.7. The maximum absolute atomic E-state index is 11.9. The van der Waals surface area contributed by atoms with Crippen molar-refractivity contribution in [1.29, 1.82) is 0 Å². The SMILES string of the molecule is CC(Oc1ccccc1)c1nnc(SCC(=O)Nc2nccs2)n1C. The molecule has 3 aromatic rings. The van der Waals surface area contributed by atoms with Gasteiger partial charge in [0.15, 0.2) is 22.2 Å². The van der Waals surface area contributed by atoms with Crippen molar-refractivity contribution < 1.29 is 9.53 Å². The largest absolute Gasteiger partial charge is 0.483 e. The number of thioether (sulfide) groups is 1. The maximum atomic E-state index is 11.9. The molecule has 2 aromatic heterocycles. The van der Waals surface area contributed by atoms with Crippen LogP contribution in [0.2, 0.25) is 0 Å². The Bertz CT molecular complexity index is 820. The Kier molecular flexibility index (Phi) is 5.67. The van der Waals surface area contributed by atoms with E-state index in [1.54, 1.807) is 6.20 Å². The highest BCUT2D eigenvalue weighted by Crippen LogP contribution is 2.23. The minimum atomic E-state index is -0.251. The van der Waals surface area contributed by atoms with Crippen molar-refractivity contribution in [3.05, 3.63) is 47.7 Å². The van der Waals surface area contributed by atoms with Crippen molar-refractivity contribution in [3.8, 4) is 5.75 Å². The van der Waals surface area contributed by atoms with Gasteiger partial charge < -0.3 is 14.6 Å². The van der Waals surface area contributed by atoms with Gasteiger partial charge in [0.25, 0.3) is 0 Å². The van der Waals surface area contributed by atoms with E-state index in [0.29, 0.717) is 16.1 Å². The Balaban J connectivity index is 1.58. The van der Waals surface area contributed by atoms with Crippen LogP contribution >= 0.6 is 23.1 Å². The lowest BCUT2D eigenvalue weighted by Crippen LogP contribution is -2.14. The maximum Gasteiger partial charge on any atom is 0.236 e. The molecule has 25 heavy (non-hydrogen) atoms. The minimum absolute atomic E-state index is 0.127. The van der Waals surface area contributed by atoms with Gasteiger partial charge in [0.1, 0.15) is 5.75 Å². The summed E-state index contributed by atoms with van der Waals surface area (Å²) in [6, 6.07) is 9.56. The van der Waals surface area contributed by atoms with E-state index in [2.05, 4.69) is 20.5 Å². The predicted molar refractivity (Wildman–Crippen MR) is 98.0 cm³/mol. The molecule has 0 saturated carbocycles. The van der Waals surface area contributed by atoms with Crippen LogP contribution in [0.4, 0.5) is 5.13 Å². The highest BCUT2D eigenvalue weighted by molar-refractivity contribution is 7.99. The van der Waals surface area contributed by atoms with Crippen molar-refractivity contribution in [3.63, 3.8) is 0 Å². The molecule has 0 saturated heterocycles. The van der Waals surface area contributed by atoms with Crippen molar-refractivity contribution in [1.82, 2.24) is 19.7 Å². The Labute approximate surface area is 153 Å². The molecule has 7 nitrogen and oxygen atoms in total. The summed E-state index contributed by atoms with van der Waals surface area (Å²) < 4.78 is 7.71. The van der Waals surface area contributed by atoms with E-state index in [1.165, 1.54) is 23.1 Å². The van der Waals surface area contributed by atoms with Crippen LogP contribution in [0.25, 0.3) is 0 Å². The van der Waals surface area contributed by atoms with Gasteiger partial charge in [-0.3, -0.25) is 4.79 Å². The molecule has 1 amide bonds. The lowest BCUT2D eigenvalue weighted by molar-refractivity contribution is -0.113. The second kappa shape index (κ2) is 8.13. The molecule has 0 fully saturated rings. The summed E-state index contributed by atoms with van der Waals surface area (Å²) >= 11 is 2.70. The molecular weight excluding hydrogens is 358 g/mol. The van der Waals surface area contributed by atoms with Crippen molar-refractivity contribution in [2.75, 3.05) is 11.1 Å². The average molecular weight is 375 g/mol. The van der Waals surface area contributed by atoms with Crippen molar-refractivity contribution >= 4 is 34.1 Å². The van der Waals surface area contributed by atoms with Crippen LogP contribution in [-0.2, 0) is 11.8 Å². The summed E-state index contributed by atoms with van der Waals surface area (Å²) in [7, 11) is 1.86. The predicted octanol–water partition coefficient (Wildman–Crippen LogP) is 3.14. The molecule has 3 rings (SSSR count). The van der Waals surface area contributed by atoms with E-state index in [-0.39, 0.29) is 17.8 Å². The first-order chi connectivity index (χ1) is 12.1. The fourth-order valence-corrected chi connectivity index (χ4v) is 3.40. The van der Waals surface area contributed by atoms with Crippen LogP contribution in [0.15, 0.2) is 47.1 Å². The number of carbonyl (C=O) groups is 1. The Morgan fingerprint density at radius 3 is 2.88 bits per heavy atom. The highest BCUT2D eigenvalue weighted by atomic mass is 32.2. The van der Waals surface area contributed by atoms with Gasteiger partial charge in [-0.15, -0.1) is 21.5 Å². The molecule has 130 valence electrons. The highest BCUT2D eigenvalue weighted by Gasteiger charge is 2.18. The van der Waals surface area contributed by atoms with Gasteiger partial charge in [-0.1, -0.05) is 30.0 Å². The number of carbonyl (C=O) groups excluding carboxylic acids is 1. The first kappa shape index (κ1) is 17.4. The van der Waals surface area contributed by atoms with Gasteiger partial charge in [-0.2, -0.15) is 0 Å². The third-order valence-electron chi connectivity index (χ3n) is 3.30. The fraction of sp³-hybridized carbons (Fsp3) is 0.250. The van der Waals surface area contributed by atoms with E-state index in [0.717, 1.165) is 5.75 Å². The molecule has 1 atom stereocenters. The van der Waals surface area contributed by atoms with E-state index in [9.17, 15) is 4.79 Å². The second-order valence-electron chi connectivity index (χ2n) is 5.15. The first-order valence-corrected chi connectivity index (χ1v) is 9.43. The molecule has 1 N–H and O–H groups in total. The second-order valence-corrected chi connectivity index (χ2v) is 6.98. The lowest BCUT2D eigenvalue weighted by atomic mass is 10.3. The van der Waals surface area contributed by atoms with Crippen LogP contribution in [0.1, 0.15) is 18.9 Å². The third kappa shape index (κ3) is 4.58. The minimum Gasteiger partial charge on any atom is -0.483 e. The molecule has 0 aliphatic heterocycles. The summed E-state index contributed by atoms with van der Waals surface area (Å²) in [5.41, 5.74) is 0. The molecule has 0 bridgehead atoms. The zero-order valence-corrected chi connectivity index (χ0v) is 15.4.